The zero-order valence-electron chi connectivity index (χ0n) is 9.88. The lowest BCUT2D eigenvalue weighted by atomic mass is 10.0. The Morgan fingerprint density at radius 1 is 1.23 bits per heavy atom. The second kappa shape index (κ2) is 6.39. The van der Waals surface area contributed by atoms with E-state index in [0.717, 1.165) is 6.54 Å². The van der Waals surface area contributed by atoms with E-state index in [1.165, 1.54) is 12.8 Å². The Balaban J connectivity index is 3.77. The van der Waals surface area contributed by atoms with Crippen LogP contribution in [0.5, 0.6) is 0 Å². The van der Waals surface area contributed by atoms with Gasteiger partial charge in [-0.1, -0.05) is 20.3 Å². The SMILES string of the molecule is CCCC(C)N(C)CC(C)C(C)N. The number of nitrogens with zero attached hydrogens (tertiary/aromatic N) is 1. The molecule has 3 atom stereocenters. The molecule has 0 bridgehead atoms. The van der Waals surface area contributed by atoms with Crippen molar-refractivity contribution >= 4 is 0 Å². The van der Waals surface area contributed by atoms with Crippen LogP contribution in [0, 0.1) is 5.92 Å². The first-order valence-corrected chi connectivity index (χ1v) is 5.44. The fourth-order valence-electron chi connectivity index (χ4n) is 1.44. The molecule has 0 aliphatic carbocycles. The fraction of sp³-hybridized carbons (Fsp3) is 1.00. The third-order valence-corrected chi connectivity index (χ3v) is 2.93. The van der Waals surface area contributed by atoms with Crippen molar-refractivity contribution in [1.82, 2.24) is 4.90 Å². The molecule has 0 rings (SSSR count). The zero-order valence-corrected chi connectivity index (χ0v) is 9.88. The van der Waals surface area contributed by atoms with Crippen molar-refractivity contribution in [2.24, 2.45) is 11.7 Å². The lowest BCUT2D eigenvalue weighted by Gasteiger charge is -2.28. The van der Waals surface area contributed by atoms with Gasteiger partial charge in [-0.3, -0.25) is 0 Å². The maximum Gasteiger partial charge on any atom is 0.00639 e. The maximum atomic E-state index is 5.83. The van der Waals surface area contributed by atoms with E-state index in [2.05, 4.69) is 39.6 Å². The van der Waals surface area contributed by atoms with E-state index < -0.39 is 0 Å². The summed E-state index contributed by atoms with van der Waals surface area (Å²) in [6.45, 7) is 9.94. The molecule has 0 aliphatic rings. The van der Waals surface area contributed by atoms with Gasteiger partial charge in [-0.15, -0.1) is 0 Å². The minimum Gasteiger partial charge on any atom is -0.328 e. The number of hydrogen-bond donors (Lipinski definition) is 1. The summed E-state index contributed by atoms with van der Waals surface area (Å²) in [6.07, 6.45) is 2.54. The summed E-state index contributed by atoms with van der Waals surface area (Å²) in [5.41, 5.74) is 5.83. The molecule has 2 nitrogen and oxygen atoms in total. The molecule has 0 amide bonds. The topological polar surface area (TPSA) is 29.3 Å². The van der Waals surface area contributed by atoms with Gasteiger partial charge in [-0.25, -0.2) is 0 Å². The predicted octanol–water partition coefficient (Wildman–Crippen LogP) is 2.09. The molecule has 0 heterocycles. The number of hydrogen-bond acceptors (Lipinski definition) is 2. The van der Waals surface area contributed by atoms with Crippen LogP contribution in [0.2, 0.25) is 0 Å². The average Bonchev–Trinajstić information content (AvgIpc) is 2.04. The molecule has 0 fully saturated rings. The maximum absolute atomic E-state index is 5.83. The van der Waals surface area contributed by atoms with Crippen LogP contribution in [0.3, 0.4) is 0 Å². The molecule has 3 unspecified atom stereocenters. The Bertz CT molecular complexity index is 123. The zero-order chi connectivity index (χ0) is 10.4. The first-order chi connectivity index (χ1) is 5.99. The summed E-state index contributed by atoms with van der Waals surface area (Å²) in [4.78, 5) is 2.41. The summed E-state index contributed by atoms with van der Waals surface area (Å²) < 4.78 is 0. The van der Waals surface area contributed by atoms with Crippen molar-refractivity contribution in [2.45, 2.75) is 52.6 Å². The lowest BCUT2D eigenvalue weighted by molar-refractivity contribution is 0.204. The van der Waals surface area contributed by atoms with Gasteiger partial charge in [0.1, 0.15) is 0 Å². The van der Waals surface area contributed by atoms with Gasteiger partial charge in [-0.05, 0) is 33.2 Å². The monoisotopic (exact) mass is 186 g/mol. The van der Waals surface area contributed by atoms with Gasteiger partial charge in [0.25, 0.3) is 0 Å². The van der Waals surface area contributed by atoms with Crippen molar-refractivity contribution in [2.75, 3.05) is 13.6 Å². The normalized spacial score (nSPS) is 18.7. The molecule has 2 heteroatoms. The van der Waals surface area contributed by atoms with Gasteiger partial charge < -0.3 is 10.6 Å². The largest absolute Gasteiger partial charge is 0.328 e. The molecule has 0 aromatic carbocycles. The van der Waals surface area contributed by atoms with Crippen molar-refractivity contribution in [3.8, 4) is 0 Å². The van der Waals surface area contributed by atoms with Gasteiger partial charge in [0.15, 0.2) is 0 Å². The third-order valence-electron chi connectivity index (χ3n) is 2.93. The molecule has 0 saturated carbocycles. The first-order valence-electron chi connectivity index (χ1n) is 5.44. The van der Waals surface area contributed by atoms with E-state index in [9.17, 15) is 0 Å². The minimum atomic E-state index is 0.302. The minimum absolute atomic E-state index is 0.302. The van der Waals surface area contributed by atoms with E-state index in [4.69, 9.17) is 5.73 Å². The molecule has 0 aliphatic heterocycles. The Hall–Kier alpha value is -0.0800. The van der Waals surface area contributed by atoms with E-state index >= 15 is 0 Å². The molecular weight excluding hydrogens is 160 g/mol. The smallest absolute Gasteiger partial charge is 0.00639 e. The van der Waals surface area contributed by atoms with Crippen LogP contribution in [-0.2, 0) is 0 Å². The van der Waals surface area contributed by atoms with Crippen LogP contribution in [-0.4, -0.2) is 30.6 Å². The molecule has 0 spiro atoms. The van der Waals surface area contributed by atoms with Crippen molar-refractivity contribution in [3.63, 3.8) is 0 Å². The second-order valence-electron chi connectivity index (χ2n) is 4.41. The van der Waals surface area contributed by atoms with Crippen LogP contribution >= 0.6 is 0 Å². The third kappa shape index (κ3) is 5.27. The van der Waals surface area contributed by atoms with Gasteiger partial charge in [0, 0.05) is 18.6 Å². The quantitative estimate of drug-likeness (QED) is 0.688. The molecule has 0 radical (unpaired) electrons. The van der Waals surface area contributed by atoms with Crippen LogP contribution in [0.4, 0.5) is 0 Å². The number of rotatable bonds is 6. The lowest BCUT2D eigenvalue weighted by Crippen LogP contribution is -2.38. The Morgan fingerprint density at radius 3 is 2.15 bits per heavy atom. The summed E-state index contributed by atoms with van der Waals surface area (Å²) in [6, 6.07) is 0.988. The fourth-order valence-corrected chi connectivity index (χ4v) is 1.44. The second-order valence-corrected chi connectivity index (χ2v) is 4.41. The highest BCUT2D eigenvalue weighted by molar-refractivity contribution is 4.70. The van der Waals surface area contributed by atoms with Crippen LogP contribution in [0.15, 0.2) is 0 Å². The average molecular weight is 186 g/mol. The highest BCUT2D eigenvalue weighted by Crippen LogP contribution is 2.08. The highest BCUT2D eigenvalue weighted by atomic mass is 15.1. The molecular formula is C11H26N2. The molecule has 2 N–H and O–H groups in total. The van der Waals surface area contributed by atoms with E-state index in [0.29, 0.717) is 18.0 Å². The number of nitrogens with two attached hydrogens (primary N) is 1. The first kappa shape index (κ1) is 12.9. The van der Waals surface area contributed by atoms with Gasteiger partial charge in [0.2, 0.25) is 0 Å². The molecule has 0 saturated heterocycles. The van der Waals surface area contributed by atoms with Crippen LogP contribution in [0.1, 0.15) is 40.5 Å². The van der Waals surface area contributed by atoms with E-state index in [1.807, 2.05) is 0 Å². The molecule has 0 aromatic heterocycles. The summed E-state index contributed by atoms with van der Waals surface area (Å²) in [5.74, 6) is 0.587. The Labute approximate surface area is 83.5 Å². The van der Waals surface area contributed by atoms with Crippen LogP contribution in [0.25, 0.3) is 0 Å². The van der Waals surface area contributed by atoms with Gasteiger partial charge in [0.05, 0.1) is 0 Å². The van der Waals surface area contributed by atoms with E-state index in [1.54, 1.807) is 0 Å². The van der Waals surface area contributed by atoms with Crippen molar-refractivity contribution in [1.29, 1.82) is 0 Å². The van der Waals surface area contributed by atoms with Gasteiger partial charge >= 0.3 is 0 Å². The summed E-state index contributed by atoms with van der Waals surface area (Å²) >= 11 is 0. The summed E-state index contributed by atoms with van der Waals surface area (Å²) in [5, 5.41) is 0. The van der Waals surface area contributed by atoms with E-state index in [-0.39, 0.29) is 0 Å². The Kier molecular flexibility index (Phi) is 6.35. The standard InChI is InChI=1S/C11H26N2/c1-6-7-10(3)13(5)8-9(2)11(4)12/h9-11H,6-8,12H2,1-5H3. The summed E-state index contributed by atoms with van der Waals surface area (Å²) in [7, 11) is 2.19. The molecule has 13 heavy (non-hydrogen) atoms. The molecule has 80 valence electrons. The van der Waals surface area contributed by atoms with Crippen molar-refractivity contribution < 1.29 is 0 Å². The van der Waals surface area contributed by atoms with Crippen molar-refractivity contribution in [3.05, 3.63) is 0 Å². The molecule has 0 aromatic rings. The van der Waals surface area contributed by atoms with Crippen LogP contribution < -0.4 is 5.73 Å². The highest BCUT2D eigenvalue weighted by Gasteiger charge is 2.14. The Morgan fingerprint density at radius 2 is 1.77 bits per heavy atom. The van der Waals surface area contributed by atoms with Gasteiger partial charge in [-0.2, -0.15) is 0 Å². The predicted molar refractivity (Wildman–Crippen MR) is 59.8 cm³/mol.